The van der Waals surface area contributed by atoms with Crippen molar-refractivity contribution in [3.8, 4) is 17.6 Å². The summed E-state index contributed by atoms with van der Waals surface area (Å²) in [5, 5.41) is 15.5. The fourth-order valence-electron chi connectivity index (χ4n) is 3.16. The number of nitriles is 1. The van der Waals surface area contributed by atoms with Crippen molar-refractivity contribution in [2.45, 2.75) is 13.5 Å². The molecule has 2 amide bonds. The number of halogens is 2. The number of aryl methyl sites for hydroxylation is 1. The van der Waals surface area contributed by atoms with Crippen LogP contribution in [0, 0.1) is 18.3 Å². The molecule has 0 heterocycles. The van der Waals surface area contributed by atoms with Crippen LogP contribution < -0.4 is 20.1 Å². The molecule has 7 nitrogen and oxygen atoms in total. The molecule has 0 aromatic heterocycles. The Morgan fingerprint density at radius 1 is 1.14 bits per heavy atom. The number of ether oxygens (including phenoxy) is 2. The molecular formula is C27H23BrClN3O4. The average Bonchev–Trinajstić information content (AvgIpc) is 2.87. The van der Waals surface area contributed by atoms with Gasteiger partial charge in [-0.05, 0) is 69.9 Å². The monoisotopic (exact) mass is 567 g/mol. The maximum absolute atomic E-state index is 12.5. The van der Waals surface area contributed by atoms with Crippen LogP contribution in [0.5, 0.6) is 11.5 Å². The lowest BCUT2D eigenvalue weighted by molar-refractivity contribution is -0.118. The third-order valence-corrected chi connectivity index (χ3v) is 6.02. The Labute approximate surface area is 222 Å². The summed E-state index contributed by atoms with van der Waals surface area (Å²) in [4.78, 5) is 24.9. The van der Waals surface area contributed by atoms with Crippen molar-refractivity contribution in [3.63, 3.8) is 0 Å². The lowest BCUT2D eigenvalue weighted by Gasteiger charge is -2.14. The molecule has 0 aliphatic carbocycles. The standard InChI is InChI=1S/C27H23BrClN3O4/c1-17-8-9-21(13-23(17)29)32-25(33)16-36-26-22(28)11-19(12-24(26)35-2)10-20(14-30)27(34)31-15-18-6-4-3-5-7-18/h3-13H,15-16H2,1-2H3,(H,31,34)(H,32,33)/b20-10+. The number of nitrogens with one attached hydrogen (secondary N) is 2. The van der Waals surface area contributed by atoms with Crippen LogP contribution in [0.15, 0.2) is 70.7 Å². The molecule has 0 aliphatic heterocycles. The summed E-state index contributed by atoms with van der Waals surface area (Å²) in [6, 6.07) is 19.8. The number of amides is 2. The van der Waals surface area contributed by atoms with Crippen molar-refractivity contribution >= 4 is 51.1 Å². The summed E-state index contributed by atoms with van der Waals surface area (Å²) < 4.78 is 11.6. The zero-order valence-electron chi connectivity index (χ0n) is 19.6. The van der Waals surface area contributed by atoms with Crippen molar-refractivity contribution in [1.29, 1.82) is 5.26 Å². The Kier molecular flexibility index (Phi) is 9.51. The Morgan fingerprint density at radius 3 is 2.56 bits per heavy atom. The largest absolute Gasteiger partial charge is 0.493 e. The predicted octanol–water partition coefficient (Wildman–Crippen LogP) is 5.66. The molecule has 0 aliphatic rings. The van der Waals surface area contributed by atoms with Crippen LogP contribution in [-0.4, -0.2) is 25.5 Å². The van der Waals surface area contributed by atoms with Gasteiger partial charge in [-0.2, -0.15) is 5.26 Å². The highest BCUT2D eigenvalue weighted by Gasteiger charge is 2.15. The van der Waals surface area contributed by atoms with Gasteiger partial charge < -0.3 is 20.1 Å². The minimum atomic E-state index is -0.496. The molecule has 9 heteroatoms. The first-order valence-corrected chi connectivity index (χ1v) is 12.0. The average molecular weight is 569 g/mol. The number of anilines is 1. The van der Waals surface area contributed by atoms with E-state index in [9.17, 15) is 14.9 Å². The Hall–Kier alpha value is -3.80. The quantitative estimate of drug-likeness (QED) is 0.256. The molecule has 0 fully saturated rings. The van der Waals surface area contributed by atoms with Gasteiger partial charge in [0.2, 0.25) is 0 Å². The van der Waals surface area contributed by atoms with Gasteiger partial charge in [0.15, 0.2) is 18.1 Å². The van der Waals surface area contributed by atoms with Crippen LogP contribution in [0.1, 0.15) is 16.7 Å². The van der Waals surface area contributed by atoms with Crippen LogP contribution in [0.25, 0.3) is 6.08 Å². The van der Waals surface area contributed by atoms with E-state index >= 15 is 0 Å². The maximum Gasteiger partial charge on any atom is 0.262 e. The Morgan fingerprint density at radius 2 is 1.89 bits per heavy atom. The molecule has 0 atom stereocenters. The Balaban J connectivity index is 1.69. The van der Waals surface area contributed by atoms with Gasteiger partial charge in [0, 0.05) is 17.3 Å². The molecule has 0 spiro atoms. The molecule has 3 aromatic carbocycles. The lowest BCUT2D eigenvalue weighted by atomic mass is 10.1. The van der Waals surface area contributed by atoms with Crippen LogP contribution in [0.3, 0.4) is 0 Å². The van der Waals surface area contributed by atoms with Crippen molar-refractivity contribution in [1.82, 2.24) is 5.32 Å². The zero-order valence-corrected chi connectivity index (χ0v) is 21.9. The summed E-state index contributed by atoms with van der Waals surface area (Å²) in [6.45, 7) is 1.90. The topological polar surface area (TPSA) is 100 Å². The molecule has 0 unspecified atom stereocenters. The van der Waals surface area contributed by atoms with Gasteiger partial charge in [0.1, 0.15) is 11.6 Å². The number of nitrogens with zero attached hydrogens (tertiary/aromatic N) is 1. The predicted molar refractivity (Wildman–Crippen MR) is 143 cm³/mol. The van der Waals surface area contributed by atoms with Crippen LogP contribution in [0.2, 0.25) is 5.02 Å². The van der Waals surface area contributed by atoms with E-state index in [0.29, 0.717) is 38.8 Å². The van der Waals surface area contributed by atoms with Gasteiger partial charge in [-0.25, -0.2) is 0 Å². The van der Waals surface area contributed by atoms with E-state index in [1.807, 2.05) is 49.4 Å². The first-order chi connectivity index (χ1) is 17.3. The Bertz CT molecular complexity index is 1340. The first kappa shape index (κ1) is 26.8. The number of hydrogen-bond donors (Lipinski definition) is 2. The molecule has 2 N–H and O–H groups in total. The highest BCUT2D eigenvalue weighted by Crippen LogP contribution is 2.37. The summed E-state index contributed by atoms with van der Waals surface area (Å²) in [7, 11) is 1.45. The van der Waals surface area contributed by atoms with Crippen molar-refractivity contribution in [2.24, 2.45) is 0 Å². The molecule has 3 rings (SSSR count). The second kappa shape index (κ2) is 12.8. The minimum absolute atomic E-state index is 0.0651. The van der Waals surface area contributed by atoms with Crippen LogP contribution in [-0.2, 0) is 16.1 Å². The number of carbonyl (C=O) groups is 2. The van der Waals surface area contributed by atoms with E-state index < -0.39 is 5.91 Å². The molecule has 0 radical (unpaired) electrons. The number of benzene rings is 3. The van der Waals surface area contributed by atoms with Gasteiger partial charge in [0.05, 0.1) is 11.6 Å². The van der Waals surface area contributed by atoms with Crippen molar-refractivity contribution in [2.75, 3.05) is 19.0 Å². The summed E-state index contributed by atoms with van der Waals surface area (Å²) >= 11 is 9.52. The van der Waals surface area contributed by atoms with Crippen molar-refractivity contribution in [3.05, 3.63) is 92.4 Å². The van der Waals surface area contributed by atoms with E-state index in [4.69, 9.17) is 21.1 Å². The van der Waals surface area contributed by atoms with E-state index in [1.54, 1.807) is 24.3 Å². The van der Waals surface area contributed by atoms with Gasteiger partial charge in [-0.15, -0.1) is 0 Å². The highest BCUT2D eigenvalue weighted by atomic mass is 79.9. The smallest absolute Gasteiger partial charge is 0.262 e. The van der Waals surface area contributed by atoms with Crippen LogP contribution in [0.4, 0.5) is 5.69 Å². The van der Waals surface area contributed by atoms with Gasteiger partial charge >= 0.3 is 0 Å². The van der Waals surface area contributed by atoms with Crippen molar-refractivity contribution < 1.29 is 19.1 Å². The molecule has 36 heavy (non-hydrogen) atoms. The third kappa shape index (κ3) is 7.35. The zero-order chi connectivity index (χ0) is 26.1. The number of hydrogen-bond acceptors (Lipinski definition) is 5. The van der Waals surface area contributed by atoms with E-state index in [1.165, 1.54) is 13.2 Å². The van der Waals surface area contributed by atoms with E-state index in [-0.39, 0.29) is 18.1 Å². The third-order valence-electron chi connectivity index (χ3n) is 5.03. The molecular weight excluding hydrogens is 546 g/mol. The van der Waals surface area contributed by atoms with Gasteiger partial charge in [-0.3, -0.25) is 9.59 Å². The number of carbonyl (C=O) groups excluding carboxylic acids is 2. The molecule has 0 saturated heterocycles. The van der Waals surface area contributed by atoms with Gasteiger partial charge in [-0.1, -0.05) is 48.0 Å². The summed E-state index contributed by atoms with van der Waals surface area (Å²) in [6.07, 6.45) is 1.45. The molecule has 184 valence electrons. The van der Waals surface area contributed by atoms with E-state index in [0.717, 1.165) is 11.1 Å². The summed E-state index contributed by atoms with van der Waals surface area (Å²) in [5.74, 6) is -0.248. The number of rotatable bonds is 9. The normalized spacial score (nSPS) is 10.8. The maximum atomic E-state index is 12.5. The van der Waals surface area contributed by atoms with Crippen LogP contribution >= 0.6 is 27.5 Å². The number of methoxy groups -OCH3 is 1. The SMILES string of the molecule is COc1cc(/C=C(\C#N)C(=O)NCc2ccccc2)cc(Br)c1OCC(=O)Nc1ccc(C)c(Cl)c1. The first-order valence-electron chi connectivity index (χ1n) is 10.8. The second-order valence-electron chi connectivity index (χ2n) is 7.67. The molecule has 0 bridgehead atoms. The summed E-state index contributed by atoms with van der Waals surface area (Å²) in [5.41, 5.74) is 2.85. The fraction of sp³-hybridized carbons (Fsp3) is 0.148. The fourth-order valence-corrected chi connectivity index (χ4v) is 3.91. The molecule has 0 saturated carbocycles. The molecule has 3 aromatic rings. The second-order valence-corrected chi connectivity index (χ2v) is 8.93. The highest BCUT2D eigenvalue weighted by molar-refractivity contribution is 9.10. The van der Waals surface area contributed by atoms with Gasteiger partial charge in [0.25, 0.3) is 11.8 Å². The minimum Gasteiger partial charge on any atom is -0.493 e. The van der Waals surface area contributed by atoms with E-state index in [2.05, 4.69) is 26.6 Å². The lowest BCUT2D eigenvalue weighted by Crippen LogP contribution is -2.23.